The van der Waals surface area contributed by atoms with Gasteiger partial charge in [-0.15, -0.1) is 0 Å². The first-order chi connectivity index (χ1) is 9.53. The van der Waals surface area contributed by atoms with Crippen LogP contribution in [-0.4, -0.2) is 8.42 Å². The van der Waals surface area contributed by atoms with Gasteiger partial charge in [0, 0.05) is 5.41 Å². The highest BCUT2D eigenvalue weighted by Gasteiger charge is 2.06. The van der Waals surface area contributed by atoms with E-state index >= 15 is 0 Å². The maximum Gasteiger partial charge on any atom is 0.231 e. The Labute approximate surface area is 119 Å². The second kappa shape index (κ2) is 6.50. The first-order valence-corrected chi connectivity index (χ1v) is 7.94. The molecule has 0 heterocycles. The van der Waals surface area contributed by atoms with Gasteiger partial charge < -0.3 is 0 Å². The van der Waals surface area contributed by atoms with Crippen molar-refractivity contribution < 1.29 is 8.42 Å². The van der Waals surface area contributed by atoms with Crippen LogP contribution < -0.4 is 5.14 Å². The molecule has 0 saturated carbocycles. The summed E-state index contributed by atoms with van der Waals surface area (Å²) in [5, 5.41) is 6.31. The standard InChI is InChI=1S/C16H17NO2S/c17-20(18,19)13-16(11-14-7-3-1-4-8-14)12-15-9-5-2-6-10-15/h1-10,13H,11-12H2,(H2,17,18,19). The molecule has 104 valence electrons. The Morgan fingerprint density at radius 2 is 1.25 bits per heavy atom. The zero-order valence-corrected chi connectivity index (χ0v) is 11.9. The average Bonchev–Trinajstić information content (AvgIpc) is 2.39. The van der Waals surface area contributed by atoms with Gasteiger partial charge in [0.1, 0.15) is 0 Å². The lowest BCUT2D eigenvalue weighted by molar-refractivity contribution is 0.606. The summed E-state index contributed by atoms with van der Waals surface area (Å²) in [5.41, 5.74) is 2.92. The molecule has 0 aliphatic rings. The van der Waals surface area contributed by atoms with Gasteiger partial charge in [-0.1, -0.05) is 60.7 Å². The van der Waals surface area contributed by atoms with Crippen molar-refractivity contribution in [2.75, 3.05) is 0 Å². The minimum absolute atomic E-state index is 0.576. The van der Waals surface area contributed by atoms with Crippen molar-refractivity contribution in [3.63, 3.8) is 0 Å². The van der Waals surface area contributed by atoms with E-state index in [0.717, 1.165) is 16.7 Å². The molecule has 0 aliphatic carbocycles. The lowest BCUT2D eigenvalue weighted by atomic mass is 10.00. The molecule has 2 rings (SSSR count). The number of benzene rings is 2. The molecular weight excluding hydrogens is 270 g/mol. The van der Waals surface area contributed by atoms with Crippen LogP contribution in [0.5, 0.6) is 0 Å². The summed E-state index contributed by atoms with van der Waals surface area (Å²) >= 11 is 0. The van der Waals surface area contributed by atoms with Crippen molar-refractivity contribution in [2.45, 2.75) is 12.8 Å². The monoisotopic (exact) mass is 287 g/mol. The second-order valence-corrected chi connectivity index (χ2v) is 6.10. The molecule has 0 amide bonds. The maximum atomic E-state index is 11.3. The molecule has 3 nitrogen and oxygen atoms in total. The number of primary sulfonamides is 1. The fourth-order valence-electron chi connectivity index (χ4n) is 2.09. The highest BCUT2D eigenvalue weighted by molar-refractivity contribution is 7.92. The highest BCUT2D eigenvalue weighted by Crippen LogP contribution is 2.14. The lowest BCUT2D eigenvalue weighted by Crippen LogP contribution is -2.10. The molecule has 0 radical (unpaired) electrons. The third-order valence-corrected chi connectivity index (χ3v) is 3.54. The van der Waals surface area contributed by atoms with Crippen molar-refractivity contribution >= 4 is 10.0 Å². The predicted octanol–water partition coefficient (Wildman–Crippen LogP) is 2.64. The lowest BCUT2D eigenvalue weighted by Gasteiger charge is -2.08. The van der Waals surface area contributed by atoms with Crippen LogP contribution >= 0.6 is 0 Å². The van der Waals surface area contributed by atoms with Crippen molar-refractivity contribution in [1.29, 1.82) is 0 Å². The molecule has 0 saturated heterocycles. The molecule has 4 heteroatoms. The predicted molar refractivity (Wildman–Crippen MR) is 81.5 cm³/mol. The number of hydrogen-bond acceptors (Lipinski definition) is 2. The summed E-state index contributed by atoms with van der Waals surface area (Å²) < 4.78 is 22.6. The number of rotatable bonds is 5. The zero-order valence-electron chi connectivity index (χ0n) is 11.1. The molecule has 0 spiro atoms. The van der Waals surface area contributed by atoms with Crippen LogP contribution in [0.25, 0.3) is 0 Å². The van der Waals surface area contributed by atoms with Crippen molar-refractivity contribution in [3.8, 4) is 0 Å². The molecule has 2 aromatic carbocycles. The van der Waals surface area contributed by atoms with Gasteiger partial charge in [-0.25, -0.2) is 13.6 Å². The van der Waals surface area contributed by atoms with Gasteiger partial charge in [0.05, 0.1) is 0 Å². The minimum Gasteiger partial charge on any atom is -0.225 e. The molecule has 2 N–H and O–H groups in total. The molecule has 0 aliphatic heterocycles. The Morgan fingerprint density at radius 3 is 1.60 bits per heavy atom. The van der Waals surface area contributed by atoms with Gasteiger partial charge in [0.15, 0.2) is 0 Å². The maximum absolute atomic E-state index is 11.3. The van der Waals surface area contributed by atoms with E-state index in [9.17, 15) is 8.42 Å². The Morgan fingerprint density at radius 1 is 0.850 bits per heavy atom. The Hall–Kier alpha value is -1.91. The molecule has 0 aromatic heterocycles. The van der Waals surface area contributed by atoms with E-state index in [0.29, 0.717) is 12.8 Å². The summed E-state index contributed by atoms with van der Waals surface area (Å²) in [7, 11) is -3.63. The summed E-state index contributed by atoms with van der Waals surface area (Å²) in [6.07, 6.45) is 1.15. The van der Waals surface area contributed by atoms with Crippen LogP contribution in [0.4, 0.5) is 0 Å². The molecule has 0 bridgehead atoms. The van der Waals surface area contributed by atoms with E-state index < -0.39 is 10.0 Å². The SMILES string of the molecule is NS(=O)(=O)C=C(Cc1ccccc1)Cc1ccccc1. The zero-order chi connectivity index (χ0) is 14.4. The van der Waals surface area contributed by atoms with Crippen molar-refractivity contribution in [1.82, 2.24) is 0 Å². The van der Waals surface area contributed by atoms with Crippen LogP contribution in [-0.2, 0) is 22.9 Å². The Kier molecular flexibility index (Phi) is 4.71. The van der Waals surface area contributed by atoms with Crippen LogP contribution in [0.3, 0.4) is 0 Å². The first kappa shape index (κ1) is 14.5. The van der Waals surface area contributed by atoms with E-state index in [1.807, 2.05) is 60.7 Å². The molecule has 0 atom stereocenters. The van der Waals surface area contributed by atoms with Crippen molar-refractivity contribution in [3.05, 3.63) is 82.8 Å². The highest BCUT2D eigenvalue weighted by atomic mass is 32.2. The van der Waals surface area contributed by atoms with E-state index in [-0.39, 0.29) is 0 Å². The normalized spacial score (nSPS) is 11.1. The molecular formula is C16H17NO2S. The van der Waals surface area contributed by atoms with Gasteiger partial charge in [-0.05, 0) is 29.5 Å². The fourth-order valence-corrected chi connectivity index (χ4v) is 2.73. The topological polar surface area (TPSA) is 60.2 Å². The number of sulfonamides is 1. The number of nitrogens with two attached hydrogens (primary N) is 1. The summed E-state index contributed by atoms with van der Waals surface area (Å²) in [5.74, 6) is 0. The van der Waals surface area contributed by atoms with Gasteiger partial charge in [-0.3, -0.25) is 0 Å². The van der Waals surface area contributed by atoms with E-state index in [4.69, 9.17) is 5.14 Å². The van der Waals surface area contributed by atoms with Crippen LogP contribution in [0.15, 0.2) is 71.6 Å². The van der Waals surface area contributed by atoms with Crippen LogP contribution in [0.2, 0.25) is 0 Å². The third kappa shape index (κ3) is 4.99. The summed E-state index contributed by atoms with van der Waals surface area (Å²) in [6.45, 7) is 0. The van der Waals surface area contributed by atoms with Crippen LogP contribution in [0.1, 0.15) is 11.1 Å². The van der Waals surface area contributed by atoms with Gasteiger partial charge in [0.25, 0.3) is 0 Å². The number of allylic oxidation sites excluding steroid dienone is 1. The van der Waals surface area contributed by atoms with E-state index in [2.05, 4.69) is 0 Å². The van der Waals surface area contributed by atoms with Crippen molar-refractivity contribution in [2.24, 2.45) is 5.14 Å². The van der Waals surface area contributed by atoms with E-state index in [1.165, 1.54) is 5.41 Å². The van der Waals surface area contributed by atoms with Gasteiger partial charge >= 0.3 is 0 Å². The fraction of sp³-hybridized carbons (Fsp3) is 0.125. The molecule has 0 fully saturated rings. The third-order valence-electron chi connectivity index (χ3n) is 2.88. The van der Waals surface area contributed by atoms with Crippen LogP contribution in [0, 0.1) is 0 Å². The molecule has 20 heavy (non-hydrogen) atoms. The second-order valence-electron chi connectivity index (χ2n) is 4.69. The largest absolute Gasteiger partial charge is 0.231 e. The smallest absolute Gasteiger partial charge is 0.225 e. The average molecular weight is 287 g/mol. The molecule has 2 aromatic rings. The first-order valence-electron chi connectivity index (χ1n) is 6.33. The van der Waals surface area contributed by atoms with Gasteiger partial charge in [0.2, 0.25) is 10.0 Å². The summed E-state index contributed by atoms with van der Waals surface area (Å²) in [4.78, 5) is 0. The number of hydrogen-bond donors (Lipinski definition) is 1. The quantitative estimate of drug-likeness (QED) is 0.919. The minimum atomic E-state index is -3.63. The Bertz CT molecular complexity index is 633. The summed E-state index contributed by atoms with van der Waals surface area (Å²) in [6, 6.07) is 19.5. The van der Waals surface area contributed by atoms with Gasteiger partial charge in [-0.2, -0.15) is 0 Å². The Balaban J connectivity index is 2.24. The van der Waals surface area contributed by atoms with E-state index in [1.54, 1.807) is 0 Å². The molecule has 0 unspecified atom stereocenters.